The van der Waals surface area contributed by atoms with Gasteiger partial charge in [0.1, 0.15) is 6.33 Å². The average molecular weight is 308 g/mol. The molecule has 0 unspecified atom stereocenters. The van der Waals surface area contributed by atoms with Crippen LogP contribution < -0.4 is 4.90 Å². The largest absolute Gasteiger partial charge is 0.348 e. The molecule has 0 N–H and O–H groups in total. The zero-order valence-electron chi connectivity index (χ0n) is 13.2. The number of hydrogen-bond donors (Lipinski definition) is 0. The Kier molecular flexibility index (Phi) is 3.67. The van der Waals surface area contributed by atoms with Crippen LogP contribution in [0.4, 0.5) is 5.82 Å². The molecular weight excluding hydrogens is 288 g/mol. The van der Waals surface area contributed by atoms with Gasteiger partial charge in [-0.05, 0) is 19.0 Å². The second-order valence-electron chi connectivity index (χ2n) is 6.11. The van der Waals surface area contributed by atoms with Crippen molar-refractivity contribution in [2.45, 2.75) is 12.5 Å². The number of likely N-dealkylation sites (N-methyl/N-ethyl adjacent to an activating group) is 1. The van der Waals surface area contributed by atoms with Crippen molar-refractivity contribution in [3.8, 4) is 0 Å². The minimum Gasteiger partial charge on any atom is -0.348 e. The number of nitrogens with zero attached hydrogens (tertiary/aromatic N) is 6. The average Bonchev–Trinajstić information content (AvgIpc) is 3.05. The highest BCUT2D eigenvalue weighted by Crippen LogP contribution is 2.23. The summed E-state index contributed by atoms with van der Waals surface area (Å²) in [5, 5.41) is 8.27. The van der Waals surface area contributed by atoms with Crippen LogP contribution in [0, 0.1) is 0 Å². The van der Waals surface area contributed by atoms with Gasteiger partial charge in [-0.1, -0.05) is 30.3 Å². The molecule has 1 aliphatic heterocycles. The van der Waals surface area contributed by atoms with Crippen LogP contribution >= 0.6 is 0 Å². The van der Waals surface area contributed by atoms with E-state index in [0.717, 1.165) is 37.5 Å². The highest BCUT2D eigenvalue weighted by atomic mass is 15.3. The fourth-order valence-electron chi connectivity index (χ4n) is 3.30. The smallest absolute Gasteiger partial charge is 0.203 e. The molecule has 6 heteroatoms. The maximum absolute atomic E-state index is 4.60. The molecule has 4 rings (SSSR count). The van der Waals surface area contributed by atoms with E-state index in [1.165, 1.54) is 5.56 Å². The van der Waals surface area contributed by atoms with Crippen LogP contribution in [0.1, 0.15) is 5.56 Å². The summed E-state index contributed by atoms with van der Waals surface area (Å²) in [6, 6.07) is 11.0. The standard InChI is InChI=1S/C17H20N6/c1-21-9-10-23(15(12-21)11-14-5-3-2-4-6-14)16-17-20-19-13-22(17)8-7-18-16/h2-8,13,15H,9-12H2,1H3/t15-/m1/s1. The summed E-state index contributed by atoms with van der Waals surface area (Å²) >= 11 is 0. The van der Waals surface area contributed by atoms with Gasteiger partial charge in [-0.2, -0.15) is 0 Å². The molecule has 1 atom stereocenters. The van der Waals surface area contributed by atoms with Gasteiger partial charge in [0.25, 0.3) is 0 Å². The van der Waals surface area contributed by atoms with Crippen molar-refractivity contribution in [3.05, 3.63) is 54.6 Å². The molecule has 0 saturated carbocycles. The van der Waals surface area contributed by atoms with E-state index < -0.39 is 0 Å². The second-order valence-corrected chi connectivity index (χ2v) is 6.11. The van der Waals surface area contributed by atoms with Crippen molar-refractivity contribution in [2.75, 3.05) is 31.6 Å². The highest BCUT2D eigenvalue weighted by Gasteiger charge is 2.28. The Bertz CT molecular complexity index is 784. The fourth-order valence-corrected chi connectivity index (χ4v) is 3.30. The lowest BCUT2D eigenvalue weighted by Crippen LogP contribution is -2.53. The van der Waals surface area contributed by atoms with Gasteiger partial charge in [-0.15, -0.1) is 10.2 Å². The molecule has 23 heavy (non-hydrogen) atoms. The lowest BCUT2D eigenvalue weighted by atomic mass is 10.0. The minimum absolute atomic E-state index is 0.381. The molecular formula is C17H20N6. The Labute approximate surface area is 135 Å². The first-order chi connectivity index (χ1) is 11.3. The summed E-state index contributed by atoms with van der Waals surface area (Å²) in [5.74, 6) is 0.930. The van der Waals surface area contributed by atoms with Gasteiger partial charge in [0.2, 0.25) is 5.65 Å². The van der Waals surface area contributed by atoms with Crippen LogP contribution in [0.25, 0.3) is 5.65 Å². The summed E-state index contributed by atoms with van der Waals surface area (Å²) in [6.45, 7) is 3.00. The Balaban J connectivity index is 1.68. The number of fused-ring (bicyclic) bond motifs is 1. The number of aromatic nitrogens is 4. The predicted octanol–water partition coefficient (Wildman–Crippen LogP) is 1.49. The Morgan fingerprint density at radius 2 is 2.04 bits per heavy atom. The maximum Gasteiger partial charge on any atom is 0.203 e. The van der Waals surface area contributed by atoms with E-state index in [2.05, 4.69) is 62.4 Å². The Hall–Kier alpha value is -2.47. The zero-order chi connectivity index (χ0) is 15.6. The van der Waals surface area contributed by atoms with Crippen LogP contribution in [0.3, 0.4) is 0 Å². The predicted molar refractivity (Wildman–Crippen MR) is 89.6 cm³/mol. The Morgan fingerprint density at radius 3 is 2.91 bits per heavy atom. The molecule has 0 amide bonds. The second kappa shape index (κ2) is 5.96. The van der Waals surface area contributed by atoms with Crippen molar-refractivity contribution in [3.63, 3.8) is 0 Å². The Morgan fingerprint density at radius 1 is 1.17 bits per heavy atom. The first kappa shape index (κ1) is 14.1. The number of anilines is 1. The van der Waals surface area contributed by atoms with E-state index in [1.54, 1.807) is 6.33 Å². The SMILES string of the molecule is CN1CCN(c2nccn3cnnc23)[C@H](Cc2ccccc2)C1. The lowest BCUT2D eigenvalue weighted by Gasteiger charge is -2.40. The van der Waals surface area contributed by atoms with Crippen LogP contribution in [-0.2, 0) is 6.42 Å². The third-order valence-electron chi connectivity index (χ3n) is 4.47. The molecule has 1 saturated heterocycles. The number of piperazine rings is 1. The van der Waals surface area contributed by atoms with Crippen molar-refractivity contribution in [2.24, 2.45) is 0 Å². The normalized spacial score (nSPS) is 19.3. The number of rotatable bonds is 3. The summed E-state index contributed by atoms with van der Waals surface area (Å²) in [7, 11) is 2.18. The highest BCUT2D eigenvalue weighted by molar-refractivity contribution is 5.64. The van der Waals surface area contributed by atoms with Crippen molar-refractivity contribution >= 4 is 11.5 Å². The molecule has 0 radical (unpaired) electrons. The van der Waals surface area contributed by atoms with Gasteiger partial charge >= 0.3 is 0 Å². The molecule has 0 aliphatic carbocycles. The van der Waals surface area contributed by atoms with Crippen LogP contribution in [0.15, 0.2) is 49.1 Å². The number of benzene rings is 1. The molecule has 1 aromatic carbocycles. The molecule has 3 aromatic rings. The molecule has 118 valence electrons. The van der Waals surface area contributed by atoms with Crippen molar-refractivity contribution < 1.29 is 0 Å². The summed E-state index contributed by atoms with van der Waals surface area (Å²) in [5.41, 5.74) is 2.18. The quantitative estimate of drug-likeness (QED) is 0.734. The molecule has 1 aliphatic rings. The van der Waals surface area contributed by atoms with Gasteiger partial charge < -0.3 is 9.80 Å². The van der Waals surface area contributed by atoms with E-state index in [4.69, 9.17) is 0 Å². The van der Waals surface area contributed by atoms with Crippen LogP contribution in [-0.4, -0.2) is 57.2 Å². The van der Waals surface area contributed by atoms with Crippen LogP contribution in [0.5, 0.6) is 0 Å². The lowest BCUT2D eigenvalue weighted by molar-refractivity contribution is 0.265. The molecule has 6 nitrogen and oxygen atoms in total. The third kappa shape index (κ3) is 2.77. The third-order valence-corrected chi connectivity index (χ3v) is 4.47. The van der Waals surface area contributed by atoms with E-state index in [0.29, 0.717) is 6.04 Å². The maximum atomic E-state index is 4.60. The number of hydrogen-bond acceptors (Lipinski definition) is 5. The minimum atomic E-state index is 0.381. The van der Waals surface area contributed by atoms with Gasteiger partial charge in [0, 0.05) is 38.1 Å². The van der Waals surface area contributed by atoms with E-state index in [9.17, 15) is 0 Å². The van der Waals surface area contributed by atoms with Crippen molar-refractivity contribution in [1.82, 2.24) is 24.5 Å². The molecule has 1 fully saturated rings. The van der Waals surface area contributed by atoms with Crippen molar-refractivity contribution in [1.29, 1.82) is 0 Å². The van der Waals surface area contributed by atoms with E-state index in [1.807, 2.05) is 16.8 Å². The molecule has 2 aromatic heterocycles. The molecule has 0 spiro atoms. The first-order valence-electron chi connectivity index (χ1n) is 7.95. The monoisotopic (exact) mass is 308 g/mol. The summed E-state index contributed by atoms with van der Waals surface area (Å²) < 4.78 is 1.93. The van der Waals surface area contributed by atoms with Crippen LogP contribution in [0.2, 0.25) is 0 Å². The zero-order valence-corrected chi connectivity index (χ0v) is 13.2. The van der Waals surface area contributed by atoms with Gasteiger partial charge in [-0.3, -0.25) is 4.40 Å². The first-order valence-corrected chi connectivity index (χ1v) is 7.95. The van der Waals surface area contributed by atoms with Gasteiger partial charge in [0.05, 0.1) is 0 Å². The van der Waals surface area contributed by atoms with E-state index in [-0.39, 0.29) is 0 Å². The topological polar surface area (TPSA) is 49.6 Å². The molecule has 0 bridgehead atoms. The van der Waals surface area contributed by atoms with E-state index >= 15 is 0 Å². The van der Waals surface area contributed by atoms with Gasteiger partial charge in [0.15, 0.2) is 5.82 Å². The summed E-state index contributed by atoms with van der Waals surface area (Å²) in [4.78, 5) is 9.37. The summed E-state index contributed by atoms with van der Waals surface area (Å²) in [6.07, 6.45) is 6.44. The molecule has 3 heterocycles. The van der Waals surface area contributed by atoms with Gasteiger partial charge in [-0.25, -0.2) is 4.98 Å². The fraction of sp³-hybridized carbons (Fsp3) is 0.353.